The summed E-state index contributed by atoms with van der Waals surface area (Å²) < 4.78 is 0. The second kappa shape index (κ2) is 6.60. The van der Waals surface area contributed by atoms with Gasteiger partial charge in [0.1, 0.15) is 0 Å². The lowest BCUT2D eigenvalue weighted by molar-refractivity contribution is 0.0431. The maximum Gasteiger partial charge on any atom is 0.317 e. The van der Waals surface area contributed by atoms with Crippen LogP contribution in [0.2, 0.25) is 0 Å². The molecule has 1 aliphatic heterocycles. The minimum atomic E-state index is -0.367. The fourth-order valence-corrected chi connectivity index (χ4v) is 3.26. The maximum absolute atomic E-state index is 12.1. The van der Waals surface area contributed by atoms with Gasteiger partial charge in [0.15, 0.2) is 0 Å². The van der Waals surface area contributed by atoms with Gasteiger partial charge in [-0.1, -0.05) is 33.1 Å². The van der Waals surface area contributed by atoms with E-state index in [2.05, 4.69) is 12.2 Å². The smallest absolute Gasteiger partial charge is 0.317 e. The molecule has 0 aromatic heterocycles. The van der Waals surface area contributed by atoms with Crippen molar-refractivity contribution in [3.63, 3.8) is 0 Å². The van der Waals surface area contributed by atoms with Crippen LogP contribution in [0.25, 0.3) is 0 Å². The molecule has 19 heavy (non-hydrogen) atoms. The number of carbonyl (C=O) groups excluding carboxylic acids is 1. The van der Waals surface area contributed by atoms with E-state index in [1.165, 1.54) is 25.7 Å². The highest BCUT2D eigenvalue weighted by Gasteiger charge is 2.28. The maximum atomic E-state index is 12.1. The molecule has 4 atom stereocenters. The third-order valence-electron chi connectivity index (χ3n) is 5.01. The summed E-state index contributed by atoms with van der Waals surface area (Å²) in [6.45, 7) is 6.38. The number of hydrogen-bond donors (Lipinski definition) is 2. The fourth-order valence-electron chi connectivity index (χ4n) is 3.26. The van der Waals surface area contributed by atoms with Gasteiger partial charge in [0.05, 0.1) is 6.10 Å². The number of nitrogens with zero attached hydrogens (tertiary/aromatic N) is 1. The molecule has 2 aliphatic rings. The zero-order chi connectivity index (χ0) is 13.8. The van der Waals surface area contributed by atoms with E-state index >= 15 is 0 Å². The molecule has 2 N–H and O–H groups in total. The third kappa shape index (κ3) is 3.85. The molecule has 4 nitrogen and oxygen atoms in total. The highest BCUT2D eigenvalue weighted by Crippen LogP contribution is 2.28. The third-order valence-corrected chi connectivity index (χ3v) is 5.01. The van der Waals surface area contributed by atoms with Crippen LogP contribution in [-0.4, -0.2) is 41.8 Å². The molecule has 4 unspecified atom stereocenters. The van der Waals surface area contributed by atoms with Crippen molar-refractivity contribution < 1.29 is 9.90 Å². The molecule has 110 valence electrons. The normalized spacial score (nSPS) is 36.1. The molecule has 1 heterocycles. The minimum absolute atomic E-state index is 0.00345. The van der Waals surface area contributed by atoms with Crippen molar-refractivity contribution in [3.8, 4) is 0 Å². The Hall–Kier alpha value is -0.770. The SMILES string of the molecule is CC1CCN(C(=O)NCC2CCCCC2C)CC1O. The first-order valence-electron chi connectivity index (χ1n) is 7.78. The molecular formula is C15H28N2O2. The van der Waals surface area contributed by atoms with Crippen LogP contribution in [0.3, 0.4) is 0 Å². The molecule has 1 saturated carbocycles. The number of β-amino-alcohol motifs (C(OH)–C–C–N with tert-alkyl or cyclic N) is 1. The van der Waals surface area contributed by atoms with Crippen molar-refractivity contribution in [2.24, 2.45) is 17.8 Å². The Morgan fingerprint density at radius 3 is 2.63 bits per heavy atom. The molecule has 4 heteroatoms. The van der Waals surface area contributed by atoms with Crippen LogP contribution in [0.4, 0.5) is 4.79 Å². The highest BCUT2D eigenvalue weighted by atomic mass is 16.3. The second-order valence-electron chi connectivity index (χ2n) is 6.49. The van der Waals surface area contributed by atoms with Crippen LogP contribution >= 0.6 is 0 Å². The molecule has 0 radical (unpaired) electrons. The molecule has 2 fully saturated rings. The van der Waals surface area contributed by atoms with Gasteiger partial charge >= 0.3 is 6.03 Å². The van der Waals surface area contributed by atoms with Gasteiger partial charge < -0.3 is 15.3 Å². The van der Waals surface area contributed by atoms with Crippen LogP contribution in [0.5, 0.6) is 0 Å². The first-order valence-corrected chi connectivity index (χ1v) is 7.78. The number of piperidine rings is 1. The van der Waals surface area contributed by atoms with Crippen LogP contribution < -0.4 is 5.32 Å². The van der Waals surface area contributed by atoms with Crippen molar-refractivity contribution in [2.45, 2.75) is 52.1 Å². The van der Waals surface area contributed by atoms with E-state index in [0.29, 0.717) is 18.4 Å². The first kappa shape index (κ1) is 14.6. The topological polar surface area (TPSA) is 52.6 Å². The van der Waals surface area contributed by atoms with Crippen molar-refractivity contribution in [2.75, 3.05) is 19.6 Å². The predicted octanol–water partition coefficient (Wildman–Crippen LogP) is 2.23. The zero-order valence-electron chi connectivity index (χ0n) is 12.3. The summed E-state index contributed by atoms with van der Waals surface area (Å²) in [6.07, 6.45) is 5.69. The number of carbonyl (C=O) groups is 1. The van der Waals surface area contributed by atoms with E-state index in [-0.39, 0.29) is 12.1 Å². The van der Waals surface area contributed by atoms with Gasteiger partial charge in [-0.25, -0.2) is 4.79 Å². The van der Waals surface area contributed by atoms with Crippen LogP contribution in [-0.2, 0) is 0 Å². The second-order valence-corrected chi connectivity index (χ2v) is 6.49. The van der Waals surface area contributed by atoms with Gasteiger partial charge in [-0.2, -0.15) is 0 Å². The van der Waals surface area contributed by atoms with Crippen molar-refractivity contribution in [3.05, 3.63) is 0 Å². The van der Waals surface area contributed by atoms with E-state index in [0.717, 1.165) is 25.4 Å². The number of aliphatic hydroxyl groups excluding tert-OH is 1. The number of rotatable bonds is 2. The quantitative estimate of drug-likeness (QED) is 0.807. The average Bonchev–Trinajstić information content (AvgIpc) is 2.40. The molecule has 0 bridgehead atoms. The molecular weight excluding hydrogens is 240 g/mol. The Morgan fingerprint density at radius 2 is 1.95 bits per heavy atom. The van der Waals surface area contributed by atoms with Crippen LogP contribution in [0, 0.1) is 17.8 Å². The Morgan fingerprint density at radius 1 is 1.21 bits per heavy atom. The molecule has 0 aromatic carbocycles. The van der Waals surface area contributed by atoms with Gasteiger partial charge in [-0.3, -0.25) is 0 Å². The summed E-state index contributed by atoms with van der Waals surface area (Å²) in [5, 5.41) is 12.9. The summed E-state index contributed by atoms with van der Waals surface area (Å²) in [5.74, 6) is 1.66. The van der Waals surface area contributed by atoms with E-state index in [1.807, 2.05) is 6.92 Å². The number of urea groups is 1. The highest BCUT2D eigenvalue weighted by molar-refractivity contribution is 5.74. The van der Waals surface area contributed by atoms with Gasteiger partial charge in [0, 0.05) is 19.6 Å². The zero-order valence-corrected chi connectivity index (χ0v) is 12.3. The predicted molar refractivity (Wildman–Crippen MR) is 75.9 cm³/mol. The van der Waals surface area contributed by atoms with E-state index in [4.69, 9.17) is 0 Å². The molecule has 1 saturated heterocycles. The van der Waals surface area contributed by atoms with Gasteiger partial charge in [0.25, 0.3) is 0 Å². The molecule has 0 aromatic rings. The van der Waals surface area contributed by atoms with Crippen molar-refractivity contribution in [1.29, 1.82) is 0 Å². The lowest BCUT2D eigenvalue weighted by atomic mass is 9.80. The van der Waals surface area contributed by atoms with E-state index in [9.17, 15) is 9.90 Å². The lowest BCUT2D eigenvalue weighted by Crippen LogP contribution is -2.50. The van der Waals surface area contributed by atoms with Crippen LogP contribution in [0.15, 0.2) is 0 Å². The van der Waals surface area contributed by atoms with Crippen molar-refractivity contribution >= 4 is 6.03 Å². The standard InChI is InChI=1S/C15H28N2O2/c1-11-5-3-4-6-13(11)9-16-15(19)17-8-7-12(2)14(18)10-17/h11-14,18H,3-10H2,1-2H3,(H,16,19). The number of hydrogen-bond acceptors (Lipinski definition) is 2. The molecule has 0 spiro atoms. The first-order chi connectivity index (χ1) is 9.08. The fraction of sp³-hybridized carbons (Fsp3) is 0.933. The van der Waals surface area contributed by atoms with Gasteiger partial charge in [-0.15, -0.1) is 0 Å². The Balaban J connectivity index is 1.75. The largest absolute Gasteiger partial charge is 0.391 e. The molecule has 2 amide bonds. The summed E-state index contributed by atoms with van der Waals surface area (Å²) in [7, 11) is 0. The van der Waals surface area contributed by atoms with Gasteiger partial charge in [-0.05, 0) is 30.6 Å². The monoisotopic (exact) mass is 268 g/mol. The summed E-state index contributed by atoms with van der Waals surface area (Å²) in [4.78, 5) is 13.9. The Bertz CT molecular complexity index is 309. The Kier molecular flexibility index (Phi) is 5.08. The number of amides is 2. The Labute approximate surface area is 116 Å². The number of nitrogens with one attached hydrogen (secondary N) is 1. The lowest BCUT2D eigenvalue weighted by Gasteiger charge is -2.35. The van der Waals surface area contributed by atoms with Crippen LogP contribution in [0.1, 0.15) is 46.0 Å². The summed E-state index contributed by atoms with van der Waals surface area (Å²) in [5.41, 5.74) is 0. The van der Waals surface area contributed by atoms with Crippen molar-refractivity contribution in [1.82, 2.24) is 10.2 Å². The molecule has 2 rings (SSSR count). The number of likely N-dealkylation sites (tertiary alicyclic amines) is 1. The summed E-state index contributed by atoms with van der Waals surface area (Å²) in [6, 6.07) is 0.00345. The van der Waals surface area contributed by atoms with E-state index in [1.54, 1.807) is 4.90 Å². The molecule has 1 aliphatic carbocycles. The average molecular weight is 268 g/mol. The number of aliphatic hydroxyl groups is 1. The summed E-state index contributed by atoms with van der Waals surface area (Å²) >= 11 is 0. The van der Waals surface area contributed by atoms with Gasteiger partial charge in [0.2, 0.25) is 0 Å². The van der Waals surface area contributed by atoms with E-state index < -0.39 is 0 Å². The minimum Gasteiger partial charge on any atom is -0.391 e.